The second kappa shape index (κ2) is 8.79. The molecule has 1 fully saturated rings. The van der Waals surface area contributed by atoms with Gasteiger partial charge in [0.15, 0.2) is 5.01 Å². The van der Waals surface area contributed by atoms with Crippen molar-refractivity contribution in [2.75, 3.05) is 37.6 Å². The van der Waals surface area contributed by atoms with Gasteiger partial charge in [-0.1, -0.05) is 29.5 Å². The van der Waals surface area contributed by atoms with Crippen molar-refractivity contribution < 1.29 is 14.4 Å². The fourth-order valence-electron chi connectivity index (χ4n) is 3.98. The Balaban J connectivity index is 1.09. The Kier molecular flexibility index (Phi) is 5.71. The minimum absolute atomic E-state index is 0.0535. The number of aromatic nitrogens is 2. The third kappa shape index (κ3) is 3.91. The number of amides is 3. The van der Waals surface area contributed by atoms with E-state index >= 15 is 0 Å². The Hall–Kier alpha value is -3.11. The minimum Gasteiger partial charge on any atom is -0.343 e. The highest BCUT2D eigenvalue weighted by molar-refractivity contribution is 7.22. The molecule has 1 aromatic carbocycles. The lowest BCUT2D eigenvalue weighted by Crippen LogP contribution is -2.48. The van der Waals surface area contributed by atoms with Gasteiger partial charge in [-0.3, -0.25) is 19.3 Å². The second-order valence-electron chi connectivity index (χ2n) is 7.65. The molecule has 8 nitrogen and oxygen atoms in total. The fourth-order valence-corrected chi connectivity index (χ4v) is 5.67. The van der Waals surface area contributed by atoms with Gasteiger partial charge in [0, 0.05) is 39.1 Å². The highest BCUT2D eigenvalue weighted by Gasteiger charge is 2.34. The highest BCUT2D eigenvalue weighted by atomic mass is 32.1. The van der Waals surface area contributed by atoms with E-state index in [2.05, 4.69) is 15.1 Å². The number of carbonyl (C=O) groups excluding carboxylic acids is 3. The van der Waals surface area contributed by atoms with Gasteiger partial charge in [0.2, 0.25) is 11.0 Å². The Morgan fingerprint density at radius 1 is 0.938 bits per heavy atom. The molecule has 10 heteroatoms. The van der Waals surface area contributed by atoms with Crippen LogP contribution in [0.1, 0.15) is 33.6 Å². The summed E-state index contributed by atoms with van der Waals surface area (Å²) >= 11 is 3.22. The van der Waals surface area contributed by atoms with Crippen molar-refractivity contribution in [1.82, 2.24) is 20.0 Å². The van der Waals surface area contributed by atoms with Crippen LogP contribution in [0.25, 0.3) is 9.88 Å². The first-order valence-corrected chi connectivity index (χ1v) is 12.2. The minimum atomic E-state index is -0.273. The zero-order chi connectivity index (χ0) is 22.1. The molecule has 3 amide bonds. The summed E-state index contributed by atoms with van der Waals surface area (Å²) in [6, 6.07) is 10.9. The number of benzene rings is 1. The SMILES string of the molecule is O=C(CCCN1C(=O)c2ccccc2C1=O)N1CCN(c2nnc(-c3cccs3)s2)CC1. The van der Waals surface area contributed by atoms with Gasteiger partial charge < -0.3 is 9.80 Å². The van der Waals surface area contributed by atoms with Gasteiger partial charge >= 0.3 is 0 Å². The lowest BCUT2D eigenvalue weighted by atomic mass is 10.1. The van der Waals surface area contributed by atoms with Gasteiger partial charge in [0.1, 0.15) is 0 Å². The Labute approximate surface area is 193 Å². The number of piperazine rings is 1. The van der Waals surface area contributed by atoms with Crippen molar-refractivity contribution in [3.63, 3.8) is 0 Å². The molecule has 164 valence electrons. The van der Waals surface area contributed by atoms with Gasteiger partial charge in [0.25, 0.3) is 11.8 Å². The molecule has 2 aliphatic heterocycles. The van der Waals surface area contributed by atoms with Crippen LogP contribution in [-0.4, -0.2) is 70.4 Å². The summed E-state index contributed by atoms with van der Waals surface area (Å²) in [5.41, 5.74) is 0.887. The van der Waals surface area contributed by atoms with Gasteiger partial charge in [-0.2, -0.15) is 0 Å². The van der Waals surface area contributed by atoms with Crippen LogP contribution in [0, 0.1) is 0 Å². The Morgan fingerprint density at radius 3 is 2.31 bits per heavy atom. The quantitative estimate of drug-likeness (QED) is 0.518. The summed E-state index contributed by atoms with van der Waals surface area (Å²) in [6.45, 7) is 2.93. The third-order valence-electron chi connectivity index (χ3n) is 5.70. The highest BCUT2D eigenvalue weighted by Crippen LogP contribution is 2.32. The fraction of sp³-hybridized carbons (Fsp3) is 0.318. The Morgan fingerprint density at radius 2 is 1.66 bits per heavy atom. The standard InChI is InChI=1S/C22H21N5O3S2/c28-18(8-3-9-27-20(29)15-5-1-2-6-16(15)21(27)30)25-10-12-26(13-11-25)22-24-23-19(32-22)17-7-4-14-31-17/h1-2,4-7,14H,3,8-13H2. The topological polar surface area (TPSA) is 86.7 Å². The lowest BCUT2D eigenvalue weighted by Gasteiger charge is -2.34. The van der Waals surface area contributed by atoms with E-state index in [1.165, 1.54) is 4.90 Å². The first kappa shape index (κ1) is 20.8. The zero-order valence-electron chi connectivity index (χ0n) is 17.3. The normalized spacial score (nSPS) is 16.1. The number of carbonyl (C=O) groups is 3. The molecule has 0 aliphatic carbocycles. The van der Waals surface area contributed by atoms with Gasteiger partial charge in [0.05, 0.1) is 16.0 Å². The number of rotatable bonds is 6. The van der Waals surface area contributed by atoms with Crippen LogP contribution < -0.4 is 4.90 Å². The molecule has 0 saturated carbocycles. The lowest BCUT2D eigenvalue weighted by molar-refractivity contribution is -0.131. The molecule has 2 aromatic heterocycles. The van der Waals surface area contributed by atoms with Crippen molar-refractivity contribution in [2.45, 2.75) is 12.8 Å². The molecule has 0 bridgehead atoms. The van der Waals surface area contributed by atoms with Gasteiger partial charge in [-0.25, -0.2) is 0 Å². The zero-order valence-corrected chi connectivity index (χ0v) is 18.9. The van der Waals surface area contributed by atoms with Crippen molar-refractivity contribution in [3.8, 4) is 9.88 Å². The maximum atomic E-state index is 12.7. The van der Waals surface area contributed by atoms with Crippen LogP contribution in [0.4, 0.5) is 5.13 Å². The van der Waals surface area contributed by atoms with E-state index < -0.39 is 0 Å². The molecule has 32 heavy (non-hydrogen) atoms. The van der Waals surface area contributed by atoms with Crippen molar-refractivity contribution in [3.05, 3.63) is 52.9 Å². The smallest absolute Gasteiger partial charge is 0.261 e. The van der Waals surface area contributed by atoms with E-state index in [9.17, 15) is 14.4 Å². The molecule has 1 saturated heterocycles. The van der Waals surface area contributed by atoms with Crippen molar-refractivity contribution in [1.29, 1.82) is 0 Å². The van der Waals surface area contributed by atoms with Crippen LogP contribution in [0.2, 0.25) is 0 Å². The first-order valence-electron chi connectivity index (χ1n) is 10.5. The van der Waals surface area contributed by atoms with E-state index in [4.69, 9.17) is 0 Å². The van der Waals surface area contributed by atoms with E-state index in [1.807, 2.05) is 22.4 Å². The summed E-state index contributed by atoms with van der Waals surface area (Å²) in [7, 11) is 0. The molecule has 4 heterocycles. The van der Waals surface area contributed by atoms with E-state index in [0.717, 1.165) is 15.0 Å². The average Bonchev–Trinajstić information content (AvgIpc) is 3.57. The Bertz CT molecular complexity index is 1120. The maximum absolute atomic E-state index is 12.7. The van der Waals surface area contributed by atoms with Crippen LogP contribution in [0.15, 0.2) is 41.8 Å². The largest absolute Gasteiger partial charge is 0.343 e. The number of nitrogens with zero attached hydrogens (tertiary/aromatic N) is 5. The van der Waals surface area contributed by atoms with Crippen LogP contribution in [-0.2, 0) is 4.79 Å². The predicted octanol–water partition coefficient (Wildman–Crippen LogP) is 2.99. The molecule has 2 aliphatic rings. The van der Waals surface area contributed by atoms with E-state index in [-0.39, 0.29) is 24.3 Å². The number of hydrogen-bond donors (Lipinski definition) is 0. The molecule has 0 radical (unpaired) electrons. The molecule has 0 atom stereocenters. The summed E-state index contributed by atoms with van der Waals surface area (Å²) < 4.78 is 0. The molecular weight excluding hydrogens is 446 g/mol. The summed E-state index contributed by atoms with van der Waals surface area (Å²) in [4.78, 5) is 43.9. The first-order chi connectivity index (χ1) is 15.6. The third-order valence-corrected chi connectivity index (χ3v) is 7.72. The maximum Gasteiger partial charge on any atom is 0.261 e. The molecule has 3 aromatic rings. The number of fused-ring (bicyclic) bond motifs is 1. The van der Waals surface area contributed by atoms with Gasteiger partial charge in [-0.15, -0.1) is 21.5 Å². The van der Waals surface area contributed by atoms with Crippen molar-refractivity contribution >= 4 is 45.5 Å². The van der Waals surface area contributed by atoms with Crippen LogP contribution >= 0.6 is 22.7 Å². The monoisotopic (exact) mass is 467 g/mol. The van der Waals surface area contributed by atoms with Crippen molar-refractivity contribution in [2.24, 2.45) is 0 Å². The average molecular weight is 468 g/mol. The molecule has 5 rings (SSSR count). The van der Waals surface area contributed by atoms with E-state index in [0.29, 0.717) is 50.1 Å². The summed E-state index contributed by atoms with van der Waals surface area (Å²) in [6.07, 6.45) is 0.778. The van der Waals surface area contributed by atoms with E-state index in [1.54, 1.807) is 46.9 Å². The molecular formula is C22H21N5O3S2. The molecule has 0 spiro atoms. The molecule has 0 unspecified atom stereocenters. The number of anilines is 1. The molecule has 0 N–H and O–H groups in total. The number of hydrogen-bond acceptors (Lipinski definition) is 8. The predicted molar refractivity (Wildman–Crippen MR) is 123 cm³/mol. The number of thiophene rings is 1. The van der Waals surface area contributed by atoms with Gasteiger partial charge in [-0.05, 0) is 30.0 Å². The van der Waals surface area contributed by atoms with Crippen LogP contribution in [0.5, 0.6) is 0 Å². The summed E-state index contributed by atoms with van der Waals surface area (Å²) in [5.74, 6) is -0.492. The van der Waals surface area contributed by atoms with Crippen LogP contribution in [0.3, 0.4) is 0 Å². The summed E-state index contributed by atoms with van der Waals surface area (Å²) in [5, 5.41) is 12.4. The second-order valence-corrected chi connectivity index (χ2v) is 9.55. The number of imide groups is 1.